The van der Waals surface area contributed by atoms with Gasteiger partial charge in [0.1, 0.15) is 0 Å². The van der Waals surface area contributed by atoms with Gasteiger partial charge in [-0.25, -0.2) is 19.9 Å². The molecule has 2 aromatic heterocycles. The molecule has 4 nitrogen and oxygen atoms in total. The predicted molar refractivity (Wildman–Crippen MR) is 255 cm³/mol. The van der Waals surface area contributed by atoms with Crippen LogP contribution in [0.4, 0.5) is 0 Å². The highest BCUT2D eigenvalue weighted by Gasteiger charge is 2.37. The normalized spacial score (nSPS) is 14.1. The van der Waals surface area contributed by atoms with Gasteiger partial charge >= 0.3 is 0 Å². The van der Waals surface area contributed by atoms with Gasteiger partial charge in [-0.1, -0.05) is 185 Å². The Labute approximate surface area is 361 Å². The van der Waals surface area contributed by atoms with E-state index in [2.05, 4.69) is 191 Å². The summed E-state index contributed by atoms with van der Waals surface area (Å²) in [6.07, 6.45) is 0. The van der Waals surface area contributed by atoms with E-state index >= 15 is 0 Å². The lowest BCUT2D eigenvalue weighted by atomic mass is 9.81. The lowest BCUT2D eigenvalue weighted by Gasteiger charge is -2.22. The Hall–Kier alpha value is -7.56. The van der Waals surface area contributed by atoms with Crippen molar-refractivity contribution >= 4 is 21.7 Å². The first-order valence-electron chi connectivity index (χ1n) is 21.5. The molecule has 294 valence electrons. The summed E-state index contributed by atoms with van der Waals surface area (Å²) in [5.41, 5.74) is 19.0. The zero-order valence-corrected chi connectivity index (χ0v) is 35.1. The fourth-order valence-electron chi connectivity index (χ4n) is 10.2. The predicted octanol–water partition coefficient (Wildman–Crippen LogP) is 14.5. The molecule has 0 unspecified atom stereocenters. The highest BCUT2D eigenvalue weighted by atomic mass is 14.9. The maximum Gasteiger partial charge on any atom is 0.160 e. The van der Waals surface area contributed by atoms with Gasteiger partial charge in [0.05, 0.1) is 22.6 Å². The topological polar surface area (TPSA) is 51.6 Å². The summed E-state index contributed by atoms with van der Waals surface area (Å²) in [5, 5.41) is 3.28. The fraction of sp³-hybridized carbons (Fsp3) is 0.103. The highest BCUT2D eigenvalue weighted by molar-refractivity contribution is 6.09. The second-order valence-corrected chi connectivity index (χ2v) is 17.8. The van der Waals surface area contributed by atoms with E-state index in [4.69, 9.17) is 19.9 Å². The second-order valence-electron chi connectivity index (χ2n) is 17.8. The molecular weight excluding hydrogens is 753 g/mol. The molecule has 62 heavy (non-hydrogen) atoms. The van der Waals surface area contributed by atoms with E-state index < -0.39 is 0 Å². The summed E-state index contributed by atoms with van der Waals surface area (Å²) >= 11 is 0. The minimum atomic E-state index is -0.130. The third kappa shape index (κ3) is 5.53. The van der Waals surface area contributed by atoms with Crippen molar-refractivity contribution in [1.29, 1.82) is 0 Å². The van der Waals surface area contributed by atoms with E-state index in [1.807, 2.05) is 18.2 Å². The van der Waals surface area contributed by atoms with Crippen LogP contribution in [0, 0.1) is 0 Å². The van der Waals surface area contributed by atoms with Crippen LogP contribution < -0.4 is 0 Å². The summed E-state index contributed by atoms with van der Waals surface area (Å²) in [6, 6.07) is 65.1. The molecular formula is C58H42N4. The zero-order valence-electron chi connectivity index (χ0n) is 35.1. The van der Waals surface area contributed by atoms with E-state index in [1.54, 1.807) is 0 Å². The molecule has 8 aromatic carbocycles. The van der Waals surface area contributed by atoms with Crippen LogP contribution in [0.1, 0.15) is 49.9 Å². The summed E-state index contributed by atoms with van der Waals surface area (Å²) in [5.74, 6) is 1.38. The minimum Gasteiger partial charge on any atom is -0.228 e. The quantitative estimate of drug-likeness (QED) is 0.163. The smallest absolute Gasteiger partial charge is 0.160 e. The van der Waals surface area contributed by atoms with E-state index in [0.717, 1.165) is 66.6 Å². The number of hydrogen-bond acceptors (Lipinski definition) is 4. The lowest BCUT2D eigenvalue weighted by molar-refractivity contribution is 0.660. The Bertz CT molecular complexity index is 3330. The fourth-order valence-corrected chi connectivity index (χ4v) is 10.2. The van der Waals surface area contributed by atoms with Crippen LogP contribution in [0.3, 0.4) is 0 Å². The summed E-state index contributed by atoms with van der Waals surface area (Å²) in [7, 11) is 0. The molecule has 0 bridgehead atoms. The standard InChI is InChI=1S/C58H42N4/c1-57(2)47-20-12-10-18-42(47)44-29-27-39(32-49(44)57)51-34-52(40-28-30-45-43-19-11-13-21-48(43)58(3,4)50(45)33-40)60-55(59-51)38-24-22-36(23-25-38)53-46-31-26-35-14-8-9-17-41(35)54(46)62-56(61-53)37-15-6-5-7-16-37/h5-34H,1-4H3. The van der Waals surface area contributed by atoms with Gasteiger partial charge in [-0.2, -0.15) is 0 Å². The maximum absolute atomic E-state index is 5.36. The average Bonchev–Trinajstić information content (AvgIpc) is 3.70. The first-order valence-corrected chi connectivity index (χ1v) is 21.5. The van der Waals surface area contributed by atoms with Crippen molar-refractivity contribution in [2.75, 3.05) is 0 Å². The van der Waals surface area contributed by atoms with Crippen LogP contribution in [0.15, 0.2) is 182 Å². The number of benzene rings is 8. The van der Waals surface area contributed by atoms with Crippen LogP contribution in [-0.4, -0.2) is 19.9 Å². The van der Waals surface area contributed by atoms with Crippen LogP contribution >= 0.6 is 0 Å². The maximum atomic E-state index is 5.36. The molecule has 0 saturated carbocycles. The van der Waals surface area contributed by atoms with Gasteiger partial charge in [0, 0.05) is 49.4 Å². The molecule has 0 aliphatic heterocycles. The Morgan fingerprint density at radius 2 is 0.806 bits per heavy atom. The van der Waals surface area contributed by atoms with Gasteiger partial charge in [0.2, 0.25) is 0 Å². The van der Waals surface area contributed by atoms with Crippen molar-refractivity contribution in [3.63, 3.8) is 0 Å². The highest BCUT2D eigenvalue weighted by Crippen LogP contribution is 2.51. The van der Waals surface area contributed by atoms with Crippen molar-refractivity contribution in [2.45, 2.75) is 38.5 Å². The number of nitrogens with zero attached hydrogens (tertiary/aromatic N) is 4. The largest absolute Gasteiger partial charge is 0.228 e. The van der Waals surface area contributed by atoms with E-state index in [-0.39, 0.29) is 10.8 Å². The first kappa shape index (κ1) is 36.3. The van der Waals surface area contributed by atoms with E-state index in [9.17, 15) is 0 Å². The van der Waals surface area contributed by atoms with Crippen LogP contribution in [0.5, 0.6) is 0 Å². The first-order chi connectivity index (χ1) is 30.2. The molecule has 4 heteroatoms. The van der Waals surface area contributed by atoms with E-state index in [1.165, 1.54) is 44.5 Å². The summed E-state index contributed by atoms with van der Waals surface area (Å²) < 4.78 is 0. The molecule has 0 saturated heterocycles. The SMILES string of the molecule is CC1(C)c2ccccc2-c2ccc(-c3cc(-c4ccc5c(c4)C(C)(C)c4ccccc4-5)nc(-c4ccc(-c5nc(-c6ccccc6)nc6c5ccc5ccccc56)cc4)n3)cc21. The average molecular weight is 795 g/mol. The number of rotatable bonds is 5. The number of aromatic nitrogens is 4. The van der Waals surface area contributed by atoms with Gasteiger partial charge in [-0.15, -0.1) is 0 Å². The molecule has 0 spiro atoms. The van der Waals surface area contributed by atoms with Gasteiger partial charge in [0.15, 0.2) is 11.6 Å². The van der Waals surface area contributed by atoms with Gasteiger partial charge in [-0.3, -0.25) is 0 Å². The Balaban J connectivity index is 1.01. The van der Waals surface area contributed by atoms with Crippen molar-refractivity contribution in [2.24, 2.45) is 0 Å². The molecule has 0 amide bonds. The number of fused-ring (bicyclic) bond motifs is 9. The third-order valence-electron chi connectivity index (χ3n) is 13.5. The summed E-state index contributed by atoms with van der Waals surface area (Å²) in [4.78, 5) is 21.1. The number of hydrogen-bond donors (Lipinski definition) is 0. The lowest BCUT2D eigenvalue weighted by Crippen LogP contribution is -2.15. The second kappa shape index (κ2) is 13.5. The van der Waals surface area contributed by atoms with E-state index in [0.29, 0.717) is 11.6 Å². The molecule has 12 rings (SSSR count). The van der Waals surface area contributed by atoms with Crippen molar-refractivity contribution in [3.05, 3.63) is 204 Å². The Kier molecular flexibility index (Phi) is 7.89. The zero-order chi connectivity index (χ0) is 41.7. The van der Waals surface area contributed by atoms with Crippen molar-refractivity contribution in [3.8, 4) is 78.8 Å². The molecule has 0 radical (unpaired) electrons. The van der Waals surface area contributed by atoms with Gasteiger partial charge in [-0.05, 0) is 74.2 Å². The van der Waals surface area contributed by atoms with Gasteiger partial charge < -0.3 is 0 Å². The van der Waals surface area contributed by atoms with Crippen molar-refractivity contribution in [1.82, 2.24) is 19.9 Å². The summed E-state index contributed by atoms with van der Waals surface area (Å²) in [6.45, 7) is 9.32. The molecule has 2 aliphatic carbocycles. The molecule has 0 fully saturated rings. The Morgan fingerprint density at radius 3 is 1.44 bits per heavy atom. The van der Waals surface area contributed by atoms with Gasteiger partial charge in [0.25, 0.3) is 0 Å². The molecule has 10 aromatic rings. The van der Waals surface area contributed by atoms with Crippen molar-refractivity contribution < 1.29 is 0 Å². The Morgan fingerprint density at radius 1 is 0.323 bits per heavy atom. The molecule has 2 heterocycles. The third-order valence-corrected chi connectivity index (χ3v) is 13.5. The van der Waals surface area contributed by atoms with Crippen LogP contribution in [0.2, 0.25) is 0 Å². The molecule has 0 N–H and O–H groups in total. The van der Waals surface area contributed by atoms with Crippen LogP contribution in [0.25, 0.3) is 100 Å². The molecule has 2 aliphatic rings. The van der Waals surface area contributed by atoms with Crippen LogP contribution in [-0.2, 0) is 10.8 Å². The minimum absolute atomic E-state index is 0.130. The molecule has 0 atom stereocenters. The monoisotopic (exact) mass is 794 g/mol.